The number of aromatic nitrogens is 3. The van der Waals surface area contributed by atoms with Gasteiger partial charge in [0.05, 0.1) is 28.0 Å². The zero-order valence-corrected chi connectivity index (χ0v) is 12.8. The zero-order chi connectivity index (χ0) is 15.1. The molecule has 0 bridgehead atoms. The van der Waals surface area contributed by atoms with Gasteiger partial charge in [0.2, 0.25) is 5.13 Å². The average molecular weight is 313 g/mol. The number of fused-ring (bicyclic) bond motifs is 2. The summed E-state index contributed by atoms with van der Waals surface area (Å²) < 4.78 is 2.85. The Morgan fingerprint density at radius 3 is 2.91 bits per heavy atom. The quantitative estimate of drug-likeness (QED) is 0.807. The van der Waals surface area contributed by atoms with E-state index < -0.39 is 5.97 Å². The first-order valence-corrected chi connectivity index (χ1v) is 8.21. The topological polar surface area (TPSA) is 68.0 Å². The van der Waals surface area contributed by atoms with Crippen LogP contribution in [0.2, 0.25) is 0 Å². The number of carboxylic acid groups (broad SMARTS) is 1. The molecule has 2 aromatic heterocycles. The molecule has 6 heteroatoms. The number of carbonyl (C=O) groups is 1. The molecule has 4 rings (SSSR count). The SMILES string of the molecule is O=C(O)Cc1c2c(nn1-c1nc3ccccc3s1)CCCC2. The van der Waals surface area contributed by atoms with E-state index in [1.54, 1.807) is 16.0 Å². The van der Waals surface area contributed by atoms with Crippen molar-refractivity contribution in [1.29, 1.82) is 0 Å². The van der Waals surface area contributed by atoms with Crippen LogP contribution in [0.15, 0.2) is 24.3 Å². The monoisotopic (exact) mass is 313 g/mol. The van der Waals surface area contributed by atoms with E-state index in [-0.39, 0.29) is 6.42 Å². The van der Waals surface area contributed by atoms with Crippen LogP contribution in [-0.2, 0) is 24.1 Å². The lowest BCUT2D eigenvalue weighted by Gasteiger charge is -2.10. The van der Waals surface area contributed by atoms with E-state index in [0.717, 1.165) is 58.0 Å². The van der Waals surface area contributed by atoms with Crippen LogP contribution in [0.5, 0.6) is 0 Å². The number of para-hydroxylation sites is 1. The standard InChI is InChI=1S/C16H15N3O2S/c20-15(21)9-13-10-5-1-2-6-11(10)18-19(13)16-17-12-7-3-4-8-14(12)22-16/h3-4,7-8H,1-2,5-6,9H2,(H,20,21). The Labute approximate surface area is 131 Å². The molecule has 0 saturated carbocycles. The lowest BCUT2D eigenvalue weighted by atomic mass is 9.95. The van der Waals surface area contributed by atoms with Gasteiger partial charge in [-0.25, -0.2) is 9.67 Å². The van der Waals surface area contributed by atoms with E-state index in [0.29, 0.717) is 0 Å². The predicted octanol–water partition coefficient (Wildman–Crippen LogP) is 2.99. The van der Waals surface area contributed by atoms with E-state index in [1.807, 2.05) is 24.3 Å². The second-order valence-corrected chi connectivity index (χ2v) is 6.53. The van der Waals surface area contributed by atoms with E-state index in [1.165, 1.54) is 0 Å². The molecule has 0 unspecified atom stereocenters. The van der Waals surface area contributed by atoms with E-state index >= 15 is 0 Å². The van der Waals surface area contributed by atoms with Gasteiger partial charge >= 0.3 is 5.97 Å². The van der Waals surface area contributed by atoms with Crippen molar-refractivity contribution in [2.75, 3.05) is 0 Å². The number of thiazole rings is 1. The molecule has 0 aliphatic heterocycles. The first-order valence-electron chi connectivity index (χ1n) is 7.40. The van der Waals surface area contributed by atoms with Crippen LogP contribution >= 0.6 is 11.3 Å². The van der Waals surface area contributed by atoms with Gasteiger partial charge in [-0.15, -0.1) is 0 Å². The Morgan fingerprint density at radius 1 is 1.27 bits per heavy atom. The number of rotatable bonds is 3. The van der Waals surface area contributed by atoms with Gasteiger partial charge in [-0.2, -0.15) is 5.10 Å². The minimum Gasteiger partial charge on any atom is -0.481 e. The molecule has 1 aliphatic carbocycles. The molecule has 0 radical (unpaired) electrons. The third-order valence-corrected chi connectivity index (χ3v) is 5.06. The van der Waals surface area contributed by atoms with E-state index in [9.17, 15) is 9.90 Å². The fourth-order valence-corrected chi connectivity index (χ4v) is 4.00. The van der Waals surface area contributed by atoms with Crippen LogP contribution in [0.4, 0.5) is 0 Å². The Balaban J connectivity index is 1.89. The van der Waals surface area contributed by atoms with Gasteiger partial charge in [-0.3, -0.25) is 4.79 Å². The Hall–Kier alpha value is -2.21. The van der Waals surface area contributed by atoms with E-state index in [4.69, 9.17) is 0 Å². The van der Waals surface area contributed by atoms with Crippen molar-refractivity contribution in [2.45, 2.75) is 32.1 Å². The lowest BCUT2D eigenvalue weighted by molar-refractivity contribution is -0.136. The molecule has 22 heavy (non-hydrogen) atoms. The van der Waals surface area contributed by atoms with Crippen LogP contribution in [0.25, 0.3) is 15.3 Å². The molecule has 0 saturated heterocycles. The smallest absolute Gasteiger partial charge is 0.309 e. The normalized spacial score (nSPS) is 14.2. The molecular weight excluding hydrogens is 298 g/mol. The van der Waals surface area contributed by atoms with Crippen LogP contribution < -0.4 is 0 Å². The fraction of sp³-hybridized carbons (Fsp3) is 0.312. The summed E-state index contributed by atoms with van der Waals surface area (Å²) in [5.41, 5.74) is 3.88. The third-order valence-electron chi connectivity index (χ3n) is 4.05. The molecule has 5 nitrogen and oxygen atoms in total. The van der Waals surface area contributed by atoms with Crippen molar-refractivity contribution >= 4 is 27.5 Å². The van der Waals surface area contributed by atoms with Gasteiger partial charge in [0.25, 0.3) is 0 Å². The number of hydrogen-bond donors (Lipinski definition) is 1. The highest BCUT2D eigenvalue weighted by Gasteiger charge is 2.24. The number of benzene rings is 1. The minimum absolute atomic E-state index is 0.00173. The Morgan fingerprint density at radius 2 is 2.09 bits per heavy atom. The van der Waals surface area contributed by atoms with Gasteiger partial charge in [0.15, 0.2) is 0 Å². The molecule has 0 fully saturated rings. The molecule has 2 heterocycles. The summed E-state index contributed by atoms with van der Waals surface area (Å²) in [6.45, 7) is 0. The highest BCUT2D eigenvalue weighted by atomic mass is 32.1. The van der Waals surface area contributed by atoms with Crippen molar-refractivity contribution < 1.29 is 9.90 Å². The van der Waals surface area contributed by atoms with Crippen LogP contribution in [-0.4, -0.2) is 25.8 Å². The Kier molecular flexibility index (Phi) is 3.18. The summed E-state index contributed by atoms with van der Waals surface area (Å²) in [7, 11) is 0. The number of carboxylic acids is 1. The molecule has 0 atom stereocenters. The molecule has 112 valence electrons. The van der Waals surface area contributed by atoms with Gasteiger partial charge < -0.3 is 5.11 Å². The molecule has 0 spiro atoms. The summed E-state index contributed by atoms with van der Waals surface area (Å²) in [5, 5.41) is 14.7. The maximum Gasteiger partial charge on any atom is 0.309 e. The van der Waals surface area contributed by atoms with E-state index in [2.05, 4.69) is 10.1 Å². The van der Waals surface area contributed by atoms with Crippen molar-refractivity contribution in [3.05, 3.63) is 41.2 Å². The number of nitrogens with zero attached hydrogens (tertiary/aromatic N) is 3. The van der Waals surface area contributed by atoms with Crippen LogP contribution in [0.1, 0.15) is 29.8 Å². The second kappa shape index (κ2) is 5.21. The number of aryl methyl sites for hydroxylation is 1. The Bertz CT molecular complexity index is 833. The summed E-state index contributed by atoms with van der Waals surface area (Å²) in [5.74, 6) is -0.823. The molecular formula is C16H15N3O2S. The van der Waals surface area contributed by atoms with Crippen molar-refractivity contribution in [2.24, 2.45) is 0 Å². The molecule has 0 amide bonds. The molecule has 1 aliphatic rings. The lowest BCUT2D eigenvalue weighted by Crippen LogP contribution is -2.10. The maximum atomic E-state index is 11.3. The second-order valence-electron chi connectivity index (χ2n) is 5.53. The molecule has 1 N–H and O–H groups in total. The summed E-state index contributed by atoms with van der Waals surface area (Å²) >= 11 is 1.55. The molecule has 1 aromatic carbocycles. The summed E-state index contributed by atoms with van der Waals surface area (Å²) in [4.78, 5) is 15.9. The van der Waals surface area contributed by atoms with Gasteiger partial charge in [0.1, 0.15) is 0 Å². The predicted molar refractivity (Wildman–Crippen MR) is 84.7 cm³/mol. The average Bonchev–Trinajstić information content (AvgIpc) is 3.08. The van der Waals surface area contributed by atoms with Crippen LogP contribution in [0.3, 0.4) is 0 Å². The third kappa shape index (κ3) is 2.20. The first kappa shape index (κ1) is 13.5. The van der Waals surface area contributed by atoms with Gasteiger partial charge in [0, 0.05) is 0 Å². The van der Waals surface area contributed by atoms with Gasteiger partial charge in [-0.1, -0.05) is 23.5 Å². The van der Waals surface area contributed by atoms with Crippen molar-refractivity contribution in [3.8, 4) is 5.13 Å². The fourth-order valence-electron chi connectivity index (χ4n) is 3.05. The van der Waals surface area contributed by atoms with Gasteiger partial charge in [-0.05, 0) is 43.4 Å². The largest absolute Gasteiger partial charge is 0.481 e. The minimum atomic E-state index is -0.823. The zero-order valence-electron chi connectivity index (χ0n) is 12.0. The number of aliphatic carboxylic acids is 1. The highest BCUT2D eigenvalue weighted by molar-refractivity contribution is 7.20. The van der Waals surface area contributed by atoms with Crippen molar-refractivity contribution in [1.82, 2.24) is 14.8 Å². The van der Waals surface area contributed by atoms with Crippen molar-refractivity contribution in [3.63, 3.8) is 0 Å². The molecule has 3 aromatic rings. The summed E-state index contributed by atoms with van der Waals surface area (Å²) in [6.07, 6.45) is 4.07. The highest BCUT2D eigenvalue weighted by Crippen LogP contribution is 2.30. The first-order chi connectivity index (χ1) is 10.7. The summed E-state index contributed by atoms with van der Waals surface area (Å²) in [6, 6.07) is 7.93. The maximum absolute atomic E-state index is 11.3. The number of hydrogen-bond acceptors (Lipinski definition) is 4. The van der Waals surface area contributed by atoms with Crippen LogP contribution in [0, 0.1) is 0 Å².